The van der Waals surface area contributed by atoms with Gasteiger partial charge in [0.05, 0.1) is 5.69 Å². The lowest BCUT2D eigenvalue weighted by Gasteiger charge is -2.04. The molecule has 1 fully saturated rings. The molecule has 1 amide bonds. The van der Waals surface area contributed by atoms with Crippen LogP contribution in [-0.4, -0.2) is 21.8 Å². The lowest BCUT2D eigenvalue weighted by molar-refractivity contribution is -0.122. The summed E-state index contributed by atoms with van der Waals surface area (Å²) in [5, 5.41) is 2.99. The van der Waals surface area contributed by atoms with Crippen LogP contribution in [0.15, 0.2) is 54.9 Å². The van der Waals surface area contributed by atoms with Crippen LogP contribution >= 0.6 is 0 Å². The minimum Gasteiger partial charge on any atom is -0.355 e. The van der Waals surface area contributed by atoms with Gasteiger partial charge in [-0.05, 0) is 42.2 Å². The number of nitrogens with zero attached hydrogens (tertiary/aromatic N) is 2. The number of pyridine rings is 1. The fourth-order valence-electron chi connectivity index (χ4n) is 3.12. The standard InChI is InChI=1S/C19H18FN3O/c20-14-6-4-13(5-7-14)16-11-17(16)19(24)21-9-8-15-12-23-10-2-1-3-18(23)22-15/h1-7,10,12,16-17H,8-9,11H2,(H,21,24)/t16-,17+/m0/s1. The van der Waals surface area contributed by atoms with Gasteiger partial charge >= 0.3 is 0 Å². The van der Waals surface area contributed by atoms with Gasteiger partial charge in [-0.15, -0.1) is 0 Å². The second-order valence-corrected chi connectivity index (χ2v) is 6.24. The van der Waals surface area contributed by atoms with Gasteiger partial charge in [-0.3, -0.25) is 4.79 Å². The van der Waals surface area contributed by atoms with Gasteiger partial charge < -0.3 is 9.72 Å². The van der Waals surface area contributed by atoms with E-state index in [-0.39, 0.29) is 23.6 Å². The Balaban J connectivity index is 1.29. The minimum absolute atomic E-state index is 0.0107. The van der Waals surface area contributed by atoms with Crippen molar-refractivity contribution in [3.63, 3.8) is 0 Å². The largest absolute Gasteiger partial charge is 0.355 e. The number of benzene rings is 1. The number of imidazole rings is 1. The molecule has 1 saturated carbocycles. The molecule has 122 valence electrons. The maximum absolute atomic E-state index is 12.9. The summed E-state index contributed by atoms with van der Waals surface area (Å²) in [6.45, 7) is 0.579. The zero-order valence-corrected chi connectivity index (χ0v) is 13.2. The highest BCUT2D eigenvalue weighted by Crippen LogP contribution is 2.47. The Morgan fingerprint density at radius 2 is 2.08 bits per heavy atom. The minimum atomic E-state index is -0.243. The van der Waals surface area contributed by atoms with Gasteiger partial charge in [-0.2, -0.15) is 0 Å². The number of hydrogen-bond donors (Lipinski definition) is 1. The first-order chi connectivity index (χ1) is 11.7. The predicted octanol–water partition coefficient (Wildman–Crippen LogP) is 2.94. The second kappa shape index (κ2) is 6.07. The third-order valence-corrected chi connectivity index (χ3v) is 4.52. The molecule has 1 aliphatic carbocycles. The molecule has 1 aliphatic rings. The van der Waals surface area contributed by atoms with Crippen LogP contribution < -0.4 is 5.32 Å². The molecule has 3 aromatic rings. The number of carbonyl (C=O) groups is 1. The summed E-state index contributed by atoms with van der Waals surface area (Å²) in [7, 11) is 0. The Morgan fingerprint density at radius 1 is 1.25 bits per heavy atom. The Labute approximate surface area is 139 Å². The fourth-order valence-corrected chi connectivity index (χ4v) is 3.12. The SMILES string of the molecule is O=C(NCCc1cn2ccccc2n1)[C@@H]1C[C@H]1c1ccc(F)cc1. The highest BCUT2D eigenvalue weighted by atomic mass is 19.1. The van der Waals surface area contributed by atoms with Crippen LogP contribution in [-0.2, 0) is 11.2 Å². The van der Waals surface area contributed by atoms with Crippen molar-refractivity contribution >= 4 is 11.6 Å². The number of aromatic nitrogens is 2. The van der Waals surface area contributed by atoms with Crippen molar-refractivity contribution in [2.45, 2.75) is 18.8 Å². The molecule has 0 spiro atoms. The van der Waals surface area contributed by atoms with Crippen molar-refractivity contribution in [2.24, 2.45) is 5.92 Å². The summed E-state index contributed by atoms with van der Waals surface area (Å²) in [6, 6.07) is 12.3. The van der Waals surface area contributed by atoms with E-state index in [9.17, 15) is 9.18 Å². The first kappa shape index (κ1) is 14.9. The van der Waals surface area contributed by atoms with Crippen LogP contribution in [0.3, 0.4) is 0 Å². The summed E-state index contributed by atoms with van der Waals surface area (Å²) in [6.07, 6.45) is 5.50. The van der Waals surface area contributed by atoms with Crippen LogP contribution in [0.4, 0.5) is 4.39 Å². The van der Waals surface area contributed by atoms with Crippen LogP contribution in [0.2, 0.25) is 0 Å². The predicted molar refractivity (Wildman–Crippen MR) is 89.2 cm³/mol. The quantitative estimate of drug-likeness (QED) is 0.785. The second-order valence-electron chi connectivity index (χ2n) is 6.24. The number of nitrogens with one attached hydrogen (secondary N) is 1. The molecule has 4 rings (SSSR count). The van der Waals surface area contributed by atoms with E-state index < -0.39 is 0 Å². The summed E-state index contributed by atoms with van der Waals surface area (Å²) >= 11 is 0. The zero-order valence-electron chi connectivity index (χ0n) is 13.2. The summed E-state index contributed by atoms with van der Waals surface area (Å²) in [5.41, 5.74) is 2.92. The van der Waals surface area contributed by atoms with E-state index in [2.05, 4.69) is 10.3 Å². The Morgan fingerprint density at radius 3 is 2.88 bits per heavy atom. The van der Waals surface area contributed by atoms with Crippen molar-refractivity contribution < 1.29 is 9.18 Å². The maximum atomic E-state index is 12.9. The summed E-state index contributed by atoms with van der Waals surface area (Å²) in [4.78, 5) is 16.7. The number of hydrogen-bond acceptors (Lipinski definition) is 2. The molecule has 2 atom stereocenters. The highest BCUT2D eigenvalue weighted by Gasteiger charge is 2.43. The van der Waals surface area contributed by atoms with E-state index in [0.717, 1.165) is 23.3 Å². The molecule has 1 N–H and O–H groups in total. The third-order valence-electron chi connectivity index (χ3n) is 4.52. The van der Waals surface area contributed by atoms with Crippen LogP contribution in [0, 0.1) is 11.7 Å². The molecule has 24 heavy (non-hydrogen) atoms. The molecule has 0 aliphatic heterocycles. The summed E-state index contributed by atoms with van der Waals surface area (Å²) in [5.74, 6) is 0.0678. The monoisotopic (exact) mass is 323 g/mol. The Bertz CT molecular complexity index is 839. The first-order valence-electron chi connectivity index (χ1n) is 8.16. The van der Waals surface area contributed by atoms with Crippen molar-refractivity contribution in [1.82, 2.24) is 14.7 Å². The topological polar surface area (TPSA) is 46.4 Å². The number of rotatable bonds is 5. The van der Waals surface area contributed by atoms with Crippen molar-refractivity contribution in [2.75, 3.05) is 6.54 Å². The molecule has 0 saturated heterocycles. The molecule has 0 unspecified atom stereocenters. The molecular weight excluding hydrogens is 305 g/mol. The normalized spacial score (nSPS) is 19.4. The van der Waals surface area contributed by atoms with E-state index in [0.29, 0.717) is 13.0 Å². The van der Waals surface area contributed by atoms with Gasteiger partial charge in [0.2, 0.25) is 5.91 Å². The number of amides is 1. The molecule has 4 nitrogen and oxygen atoms in total. The molecule has 1 aromatic carbocycles. The molecule has 0 bridgehead atoms. The van der Waals surface area contributed by atoms with Gasteiger partial charge in [0.1, 0.15) is 11.5 Å². The van der Waals surface area contributed by atoms with E-state index in [1.54, 1.807) is 12.1 Å². The van der Waals surface area contributed by atoms with Gasteiger partial charge in [0, 0.05) is 31.3 Å². The average molecular weight is 323 g/mol. The van der Waals surface area contributed by atoms with Crippen molar-refractivity contribution in [3.05, 3.63) is 71.9 Å². The molecular formula is C19H18FN3O. The van der Waals surface area contributed by atoms with Gasteiger partial charge in [-0.25, -0.2) is 9.37 Å². The van der Waals surface area contributed by atoms with Gasteiger partial charge in [-0.1, -0.05) is 18.2 Å². The van der Waals surface area contributed by atoms with Crippen LogP contribution in [0.1, 0.15) is 23.6 Å². The van der Waals surface area contributed by atoms with E-state index >= 15 is 0 Å². The number of halogens is 1. The van der Waals surface area contributed by atoms with Gasteiger partial charge in [0.15, 0.2) is 0 Å². The lowest BCUT2D eigenvalue weighted by atomic mass is 10.1. The lowest BCUT2D eigenvalue weighted by Crippen LogP contribution is -2.27. The fraction of sp³-hybridized carbons (Fsp3) is 0.263. The zero-order chi connectivity index (χ0) is 16.5. The molecule has 5 heteroatoms. The van der Waals surface area contributed by atoms with Gasteiger partial charge in [0.25, 0.3) is 0 Å². The average Bonchev–Trinajstić information content (AvgIpc) is 3.28. The van der Waals surface area contributed by atoms with Crippen molar-refractivity contribution in [1.29, 1.82) is 0 Å². The molecule has 0 radical (unpaired) electrons. The summed E-state index contributed by atoms with van der Waals surface area (Å²) < 4.78 is 14.9. The van der Waals surface area contributed by atoms with E-state index in [1.807, 2.05) is 35.0 Å². The van der Waals surface area contributed by atoms with Crippen molar-refractivity contribution in [3.8, 4) is 0 Å². The first-order valence-corrected chi connectivity index (χ1v) is 8.16. The number of carbonyl (C=O) groups excluding carboxylic acids is 1. The third kappa shape index (κ3) is 3.02. The molecule has 2 aromatic heterocycles. The van der Waals surface area contributed by atoms with E-state index in [4.69, 9.17) is 0 Å². The van der Waals surface area contributed by atoms with Crippen LogP contribution in [0.5, 0.6) is 0 Å². The molecule has 2 heterocycles. The van der Waals surface area contributed by atoms with Crippen LogP contribution in [0.25, 0.3) is 5.65 Å². The smallest absolute Gasteiger partial charge is 0.223 e. The Kier molecular flexibility index (Phi) is 3.76. The highest BCUT2D eigenvalue weighted by molar-refractivity contribution is 5.82. The number of fused-ring (bicyclic) bond motifs is 1. The van der Waals surface area contributed by atoms with E-state index in [1.165, 1.54) is 12.1 Å². The maximum Gasteiger partial charge on any atom is 0.223 e. The Hall–Kier alpha value is -2.69.